The zero-order valence-corrected chi connectivity index (χ0v) is 13.2. The van der Waals surface area contributed by atoms with E-state index in [0.717, 1.165) is 31.6 Å². The van der Waals surface area contributed by atoms with Gasteiger partial charge in [0.15, 0.2) is 0 Å². The summed E-state index contributed by atoms with van der Waals surface area (Å²) >= 11 is 0. The van der Waals surface area contributed by atoms with E-state index in [1.54, 1.807) is 7.11 Å². The van der Waals surface area contributed by atoms with Gasteiger partial charge in [0.05, 0.1) is 7.11 Å². The number of hydrogen-bond acceptors (Lipinski definition) is 3. The van der Waals surface area contributed by atoms with Crippen molar-refractivity contribution in [2.45, 2.75) is 45.2 Å². The number of piperidine rings is 1. The van der Waals surface area contributed by atoms with E-state index in [4.69, 9.17) is 4.74 Å². The molecule has 0 spiro atoms. The molecule has 1 unspecified atom stereocenters. The molecule has 1 N–H and O–H groups in total. The average molecular weight is 294 g/mol. The van der Waals surface area contributed by atoms with E-state index in [-0.39, 0.29) is 5.82 Å². The van der Waals surface area contributed by atoms with Gasteiger partial charge in [0.1, 0.15) is 11.6 Å². The van der Waals surface area contributed by atoms with E-state index in [1.165, 1.54) is 25.3 Å². The molecule has 1 aromatic rings. The van der Waals surface area contributed by atoms with Crippen molar-refractivity contribution in [2.75, 3.05) is 26.7 Å². The van der Waals surface area contributed by atoms with Crippen LogP contribution in [0, 0.1) is 5.82 Å². The SMILES string of the molecule is CCCN(Cc1ccc(OC)cc1F)CC1CCCCN1. The van der Waals surface area contributed by atoms with Crippen molar-refractivity contribution in [1.82, 2.24) is 10.2 Å². The van der Waals surface area contributed by atoms with Gasteiger partial charge in [0, 0.05) is 30.8 Å². The minimum absolute atomic E-state index is 0.174. The number of benzene rings is 1. The topological polar surface area (TPSA) is 24.5 Å². The zero-order valence-electron chi connectivity index (χ0n) is 13.2. The fourth-order valence-corrected chi connectivity index (χ4v) is 2.97. The molecule has 2 rings (SSSR count). The van der Waals surface area contributed by atoms with Crippen molar-refractivity contribution in [3.8, 4) is 5.75 Å². The zero-order chi connectivity index (χ0) is 15.1. The molecule has 1 fully saturated rings. The first kappa shape index (κ1) is 16.2. The van der Waals surface area contributed by atoms with Crippen molar-refractivity contribution in [3.05, 3.63) is 29.6 Å². The van der Waals surface area contributed by atoms with Crippen LogP contribution in [0.2, 0.25) is 0 Å². The molecule has 21 heavy (non-hydrogen) atoms. The summed E-state index contributed by atoms with van der Waals surface area (Å²) in [4.78, 5) is 2.36. The Balaban J connectivity index is 1.97. The summed E-state index contributed by atoms with van der Waals surface area (Å²) in [7, 11) is 1.56. The molecular weight excluding hydrogens is 267 g/mol. The Hall–Kier alpha value is -1.13. The van der Waals surface area contributed by atoms with Crippen LogP contribution in [-0.4, -0.2) is 37.7 Å². The van der Waals surface area contributed by atoms with Crippen LogP contribution in [0.4, 0.5) is 4.39 Å². The quantitative estimate of drug-likeness (QED) is 0.836. The van der Waals surface area contributed by atoms with Crippen LogP contribution in [0.15, 0.2) is 18.2 Å². The molecule has 1 saturated heterocycles. The third-order valence-corrected chi connectivity index (χ3v) is 4.08. The molecule has 3 nitrogen and oxygen atoms in total. The minimum atomic E-state index is -0.174. The highest BCUT2D eigenvalue weighted by molar-refractivity contribution is 5.28. The second-order valence-electron chi connectivity index (χ2n) is 5.84. The Labute approximate surface area is 127 Å². The monoisotopic (exact) mass is 294 g/mol. The van der Waals surface area contributed by atoms with Gasteiger partial charge in [0.25, 0.3) is 0 Å². The molecule has 0 bridgehead atoms. The molecule has 0 amide bonds. The van der Waals surface area contributed by atoms with E-state index in [1.807, 2.05) is 12.1 Å². The molecule has 0 saturated carbocycles. The molecule has 0 radical (unpaired) electrons. The molecule has 0 aromatic heterocycles. The van der Waals surface area contributed by atoms with E-state index in [0.29, 0.717) is 18.3 Å². The average Bonchev–Trinajstić information content (AvgIpc) is 2.50. The van der Waals surface area contributed by atoms with Gasteiger partial charge in [-0.2, -0.15) is 0 Å². The van der Waals surface area contributed by atoms with Crippen LogP contribution < -0.4 is 10.1 Å². The van der Waals surface area contributed by atoms with Gasteiger partial charge in [-0.15, -0.1) is 0 Å². The van der Waals surface area contributed by atoms with E-state index in [2.05, 4.69) is 17.1 Å². The number of halogens is 1. The predicted molar refractivity (Wildman–Crippen MR) is 84.2 cm³/mol. The van der Waals surface area contributed by atoms with Gasteiger partial charge < -0.3 is 10.1 Å². The van der Waals surface area contributed by atoms with Crippen LogP contribution in [-0.2, 0) is 6.54 Å². The lowest BCUT2D eigenvalue weighted by Crippen LogP contribution is -2.43. The Kier molecular flexibility index (Phi) is 6.46. The molecule has 1 aromatic carbocycles. The summed E-state index contributed by atoms with van der Waals surface area (Å²) in [5.74, 6) is 0.402. The fourth-order valence-electron chi connectivity index (χ4n) is 2.97. The predicted octanol–water partition coefficient (Wildman–Crippen LogP) is 3.19. The maximum atomic E-state index is 14.1. The summed E-state index contributed by atoms with van der Waals surface area (Å²) in [6, 6.07) is 5.69. The lowest BCUT2D eigenvalue weighted by Gasteiger charge is -2.30. The Bertz CT molecular complexity index is 433. The van der Waals surface area contributed by atoms with Crippen molar-refractivity contribution in [3.63, 3.8) is 0 Å². The van der Waals surface area contributed by atoms with E-state index in [9.17, 15) is 4.39 Å². The third-order valence-electron chi connectivity index (χ3n) is 4.08. The lowest BCUT2D eigenvalue weighted by atomic mass is 10.0. The highest BCUT2D eigenvalue weighted by Gasteiger charge is 2.17. The molecule has 1 aliphatic rings. The first-order valence-corrected chi connectivity index (χ1v) is 8.01. The van der Waals surface area contributed by atoms with Crippen LogP contribution in [0.1, 0.15) is 38.2 Å². The Morgan fingerprint density at radius 1 is 1.38 bits per heavy atom. The molecule has 1 aliphatic heterocycles. The first-order valence-electron chi connectivity index (χ1n) is 8.01. The van der Waals surface area contributed by atoms with Gasteiger partial charge in [0.2, 0.25) is 0 Å². The van der Waals surface area contributed by atoms with Gasteiger partial charge in [-0.1, -0.05) is 19.4 Å². The van der Waals surface area contributed by atoms with E-state index >= 15 is 0 Å². The minimum Gasteiger partial charge on any atom is -0.497 e. The molecule has 4 heteroatoms. The van der Waals surface area contributed by atoms with Crippen LogP contribution in [0.3, 0.4) is 0 Å². The number of nitrogens with one attached hydrogen (secondary N) is 1. The summed E-state index contributed by atoms with van der Waals surface area (Å²) in [5, 5.41) is 3.57. The number of nitrogens with zero attached hydrogens (tertiary/aromatic N) is 1. The standard InChI is InChI=1S/C17H27FN2O/c1-3-10-20(13-15-6-4-5-9-19-15)12-14-7-8-16(21-2)11-17(14)18/h7-8,11,15,19H,3-6,9-10,12-13H2,1-2H3. The van der Waals surface area contributed by atoms with Gasteiger partial charge >= 0.3 is 0 Å². The molecular formula is C17H27FN2O. The van der Waals surface area contributed by atoms with Crippen LogP contribution in [0.5, 0.6) is 5.75 Å². The lowest BCUT2D eigenvalue weighted by molar-refractivity contribution is 0.215. The Morgan fingerprint density at radius 2 is 2.24 bits per heavy atom. The smallest absolute Gasteiger partial charge is 0.131 e. The van der Waals surface area contributed by atoms with Gasteiger partial charge in [-0.05, 0) is 38.4 Å². The highest BCUT2D eigenvalue weighted by Crippen LogP contribution is 2.18. The maximum Gasteiger partial charge on any atom is 0.131 e. The van der Waals surface area contributed by atoms with Crippen molar-refractivity contribution < 1.29 is 9.13 Å². The van der Waals surface area contributed by atoms with E-state index < -0.39 is 0 Å². The Morgan fingerprint density at radius 3 is 2.86 bits per heavy atom. The molecule has 118 valence electrons. The number of methoxy groups -OCH3 is 1. The van der Waals surface area contributed by atoms with Gasteiger partial charge in [-0.3, -0.25) is 4.90 Å². The largest absolute Gasteiger partial charge is 0.497 e. The molecule has 1 heterocycles. The van der Waals surface area contributed by atoms with Crippen molar-refractivity contribution in [1.29, 1.82) is 0 Å². The number of rotatable bonds is 7. The summed E-state index contributed by atoms with van der Waals surface area (Å²) < 4.78 is 19.2. The van der Waals surface area contributed by atoms with Crippen LogP contribution >= 0.6 is 0 Å². The maximum absolute atomic E-state index is 14.1. The van der Waals surface area contributed by atoms with Gasteiger partial charge in [-0.25, -0.2) is 4.39 Å². The summed E-state index contributed by atoms with van der Waals surface area (Å²) in [6.07, 6.45) is 4.89. The second-order valence-corrected chi connectivity index (χ2v) is 5.84. The summed E-state index contributed by atoms with van der Waals surface area (Å²) in [5.41, 5.74) is 0.750. The fraction of sp³-hybridized carbons (Fsp3) is 0.647. The molecule has 0 aliphatic carbocycles. The first-order chi connectivity index (χ1) is 10.2. The van der Waals surface area contributed by atoms with Crippen molar-refractivity contribution in [2.24, 2.45) is 0 Å². The highest BCUT2D eigenvalue weighted by atomic mass is 19.1. The second kappa shape index (κ2) is 8.35. The number of ether oxygens (including phenoxy) is 1. The summed E-state index contributed by atoms with van der Waals surface area (Å²) in [6.45, 7) is 5.96. The van der Waals surface area contributed by atoms with Crippen molar-refractivity contribution >= 4 is 0 Å². The third kappa shape index (κ3) is 4.97. The number of hydrogen-bond donors (Lipinski definition) is 1. The normalized spacial score (nSPS) is 19.0. The molecule has 1 atom stereocenters. The van der Waals surface area contributed by atoms with Crippen LogP contribution in [0.25, 0.3) is 0 Å².